The summed E-state index contributed by atoms with van der Waals surface area (Å²) in [6.45, 7) is 4.60. The van der Waals surface area contributed by atoms with Crippen LogP contribution >= 0.6 is 11.6 Å². The highest BCUT2D eigenvalue weighted by molar-refractivity contribution is 6.32. The molecule has 0 amide bonds. The molecular weight excluding hydrogens is 473 g/mol. The molecule has 0 fully saturated rings. The smallest absolute Gasteiger partial charge is 0.141 e. The molecule has 0 unspecified atom stereocenters. The van der Waals surface area contributed by atoms with Gasteiger partial charge in [-0.2, -0.15) is 0 Å². The van der Waals surface area contributed by atoms with Gasteiger partial charge < -0.3 is 10.1 Å². The third kappa shape index (κ3) is 5.31. The summed E-state index contributed by atoms with van der Waals surface area (Å²) in [6.07, 6.45) is 1.54. The second-order valence-corrected chi connectivity index (χ2v) is 9.33. The van der Waals surface area contributed by atoms with Gasteiger partial charge >= 0.3 is 0 Å². The summed E-state index contributed by atoms with van der Waals surface area (Å²) in [7, 11) is 0. The first-order valence-corrected chi connectivity index (χ1v) is 12.1. The van der Waals surface area contributed by atoms with Crippen LogP contribution in [0.3, 0.4) is 0 Å². The SMILES string of the molecule is CC(C)c1ccc(-c2ccc3ncnc(Nc4ccc(OCc5cccc(F)c5)c(Cl)c4)c3c2)cc1. The van der Waals surface area contributed by atoms with E-state index in [4.69, 9.17) is 16.3 Å². The molecule has 0 aliphatic heterocycles. The molecule has 0 atom stereocenters. The number of rotatable bonds is 7. The van der Waals surface area contributed by atoms with E-state index in [0.29, 0.717) is 22.5 Å². The minimum atomic E-state index is -0.297. The molecule has 0 aliphatic rings. The molecule has 1 aromatic heterocycles. The summed E-state index contributed by atoms with van der Waals surface area (Å²) in [6, 6.07) is 26.6. The van der Waals surface area contributed by atoms with Crippen molar-refractivity contribution in [1.82, 2.24) is 9.97 Å². The summed E-state index contributed by atoms with van der Waals surface area (Å²) in [4.78, 5) is 8.90. The standard InChI is InChI=1S/C30H25ClFN3O/c1-19(2)21-6-8-22(9-7-21)23-10-12-28-26(15-23)30(34-18-33-28)35-25-11-13-29(27(31)16-25)36-17-20-4-3-5-24(32)14-20/h3-16,18-19H,17H2,1-2H3,(H,33,34,35). The largest absolute Gasteiger partial charge is 0.487 e. The molecule has 5 rings (SSSR count). The van der Waals surface area contributed by atoms with Gasteiger partial charge in [0.1, 0.15) is 30.3 Å². The topological polar surface area (TPSA) is 47.0 Å². The summed E-state index contributed by atoms with van der Waals surface area (Å²) in [5.41, 5.74) is 5.88. The van der Waals surface area contributed by atoms with Gasteiger partial charge in [0.25, 0.3) is 0 Å². The highest BCUT2D eigenvalue weighted by Gasteiger charge is 2.10. The molecule has 1 heterocycles. The Kier molecular flexibility index (Phi) is 6.83. The fraction of sp³-hybridized carbons (Fsp3) is 0.133. The fourth-order valence-corrected chi connectivity index (χ4v) is 4.25. The zero-order chi connectivity index (χ0) is 25.1. The average molecular weight is 498 g/mol. The normalized spacial score (nSPS) is 11.1. The van der Waals surface area contributed by atoms with Gasteiger partial charge in [0.05, 0.1) is 10.5 Å². The number of aromatic nitrogens is 2. The van der Waals surface area contributed by atoms with Crippen LogP contribution in [0.5, 0.6) is 5.75 Å². The molecule has 1 N–H and O–H groups in total. The van der Waals surface area contributed by atoms with Crippen LogP contribution in [0.15, 0.2) is 91.3 Å². The highest BCUT2D eigenvalue weighted by atomic mass is 35.5. The predicted octanol–water partition coefficient (Wildman–Crippen LogP) is 8.54. The van der Waals surface area contributed by atoms with E-state index in [1.54, 1.807) is 30.6 Å². The van der Waals surface area contributed by atoms with E-state index >= 15 is 0 Å². The second-order valence-electron chi connectivity index (χ2n) is 8.92. The molecule has 36 heavy (non-hydrogen) atoms. The minimum Gasteiger partial charge on any atom is -0.487 e. The summed E-state index contributed by atoms with van der Waals surface area (Å²) in [5, 5.41) is 4.71. The van der Waals surface area contributed by atoms with Gasteiger partial charge in [-0.15, -0.1) is 0 Å². The molecule has 0 saturated heterocycles. The van der Waals surface area contributed by atoms with Crippen LogP contribution in [-0.4, -0.2) is 9.97 Å². The zero-order valence-electron chi connectivity index (χ0n) is 20.0. The van der Waals surface area contributed by atoms with E-state index in [-0.39, 0.29) is 12.4 Å². The summed E-state index contributed by atoms with van der Waals surface area (Å²) in [5.74, 6) is 1.40. The number of benzene rings is 4. The third-order valence-corrected chi connectivity index (χ3v) is 6.32. The van der Waals surface area contributed by atoms with Crippen LogP contribution in [0.2, 0.25) is 5.02 Å². The third-order valence-electron chi connectivity index (χ3n) is 6.02. The Morgan fingerprint density at radius 2 is 1.69 bits per heavy atom. The fourth-order valence-electron chi connectivity index (χ4n) is 4.02. The van der Waals surface area contributed by atoms with Crippen molar-refractivity contribution < 1.29 is 9.13 Å². The lowest BCUT2D eigenvalue weighted by atomic mass is 9.98. The van der Waals surface area contributed by atoms with Crippen LogP contribution in [-0.2, 0) is 6.61 Å². The maximum atomic E-state index is 13.4. The van der Waals surface area contributed by atoms with E-state index in [1.165, 1.54) is 17.7 Å². The number of anilines is 2. The van der Waals surface area contributed by atoms with E-state index in [0.717, 1.165) is 33.3 Å². The number of ether oxygens (including phenoxy) is 1. The van der Waals surface area contributed by atoms with Crippen LogP contribution < -0.4 is 10.1 Å². The number of nitrogens with one attached hydrogen (secondary N) is 1. The Morgan fingerprint density at radius 3 is 2.44 bits per heavy atom. The summed E-state index contributed by atoms with van der Waals surface area (Å²) < 4.78 is 19.2. The van der Waals surface area contributed by atoms with Crippen molar-refractivity contribution >= 4 is 34.0 Å². The summed E-state index contributed by atoms with van der Waals surface area (Å²) >= 11 is 6.48. The van der Waals surface area contributed by atoms with Crippen molar-refractivity contribution in [3.8, 4) is 16.9 Å². The van der Waals surface area contributed by atoms with E-state index in [9.17, 15) is 4.39 Å². The first-order chi connectivity index (χ1) is 17.5. The number of halogens is 2. The van der Waals surface area contributed by atoms with Gasteiger partial charge in [-0.3, -0.25) is 0 Å². The van der Waals surface area contributed by atoms with Crippen molar-refractivity contribution in [3.05, 3.63) is 113 Å². The molecule has 5 aromatic rings. The van der Waals surface area contributed by atoms with Crippen LogP contribution in [0, 0.1) is 5.82 Å². The van der Waals surface area contributed by atoms with Gasteiger partial charge in [0, 0.05) is 11.1 Å². The van der Waals surface area contributed by atoms with Crippen molar-refractivity contribution in [2.24, 2.45) is 0 Å². The van der Waals surface area contributed by atoms with Crippen molar-refractivity contribution in [3.63, 3.8) is 0 Å². The molecular formula is C30H25ClFN3O. The monoisotopic (exact) mass is 497 g/mol. The van der Waals surface area contributed by atoms with Gasteiger partial charge in [-0.1, -0.05) is 67.9 Å². The maximum Gasteiger partial charge on any atom is 0.141 e. The number of hydrogen-bond donors (Lipinski definition) is 1. The van der Waals surface area contributed by atoms with Crippen LogP contribution in [0.1, 0.15) is 30.9 Å². The molecule has 0 aliphatic carbocycles. The molecule has 4 nitrogen and oxygen atoms in total. The Labute approximate surface area is 214 Å². The molecule has 4 aromatic carbocycles. The minimum absolute atomic E-state index is 0.224. The molecule has 0 bridgehead atoms. The lowest BCUT2D eigenvalue weighted by molar-refractivity contribution is 0.306. The lowest BCUT2D eigenvalue weighted by Gasteiger charge is -2.13. The van der Waals surface area contributed by atoms with E-state index in [2.05, 4.69) is 65.5 Å². The quantitative estimate of drug-likeness (QED) is 0.245. The first-order valence-electron chi connectivity index (χ1n) is 11.8. The molecule has 0 spiro atoms. The highest BCUT2D eigenvalue weighted by Crippen LogP contribution is 2.32. The van der Waals surface area contributed by atoms with Gasteiger partial charge in [-0.25, -0.2) is 14.4 Å². The van der Waals surface area contributed by atoms with Crippen molar-refractivity contribution in [2.45, 2.75) is 26.4 Å². The number of nitrogens with zero attached hydrogens (tertiary/aromatic N) is 2. The van der Waals surface area contributed by atoms with Crippen molar-refractivity contribution in [2.75, 3.05) is 5.32 Å². The van der Waals surface area contributed by atoms with Gasteiger partial charge in [0.15, 0.2) is 0 Å². The zero-order valence-corrected chi connectivity index (χ0v) is 20.8. The molecule has 6 heteroatoms. The Morgan fingerprint density at radius 1 is 0.889 bits per heavy atom. The Bertz CT molecular complexity index is 1520. The maximum absolute atomic E-state index is 13.4. The molecule has 0 saturated carbocycles. The first kappa shape index (κ1) is 23.8. The van der Waals surface area contributed by atoms with Gasteiger partial charge in [-0.05, 0) is 70.6 Å². The second kappa shape index (κ2) is 10.3. The van der Waals surface area contributed by atoms with Crippen LogP contribution in [0.25, 0.3) is 22.0 Å². The average Bonchev–Trinajstić information content (AvgIpc) is 2.88. The van der Waals surface area contributed by atoms with E-state index in [1.807, 2.05) is 12.1 Å². The van der Waals surface area contributed by atoms with Crippen molar-refractivity contribution in [1.29, 1.82) is 0 Å². The Balaban J connectivity index is 1.37. The molecule has 180 valence electrons. The number of hydrogen-bond acceptors (Lipinski definition) is 4. The van der Waals surface area contributed by atoms with E-state index < -0.39 is 0 Å². The van der Waals surface area contributed by atoms with Gasteiger partial charge in [0.2, 0.25) is 0 Å². The van der Waals surface area contributed by atoms with Crippen LogP contribution in [0.4, 0.5) is 15.9 Å². The molecule has 0 radical (unpaired) electrons. The predicted molar refractivity (Wildman–Crippen MR) is 145 cm³/mol. The Hall–Kier alpha value is -3.96. The lowest BCUT2D eigenvalue weighted by Crippen LogP contribution is -1.99. The number of fused-ring (bicyclic) bond motifs is 1.